The van der Waals surface area contributed by atoms with E-state index in [1.165, 1.54) is 37.0 Å². The van der Waals surface area contributed by atoms with E-state index in [0.29, 0.717) is 24.6 Å². The zero-order chi connectivity index (χ0) is 26.1. The molecule has 3 aromatic rings. The van der Waals surface area contributed by atoms with E-state index in [1.54, 1.807) is 42.5 Å². The summed E-state index contributed by atoms with van der Waals surface area (Å²) in [4.78, 5) is 15.5. The van der Waals surface area contributed by atoms with E-state index >= 15 is 0 Å². The normalized spacial score (nSPS) is 14.2. The zero-order valence-electron chi connectivity index (χ0n) is 21.3. The van der Waals surface area contributed by atoms with E-state index in [1.807, 2.05) is 19.1 Å². The summed E-state index contributed by atoms with van der Waals surface area (Å²) < 4.78 is 33.6. The highest BCUT2D eigenvalue weighted by Gasteiger charge is 2.27. The van der Waals surface area contributed by atoms with Crippen molar-refractivity contribution in [3.05, 3.63) is 90.0 Å². The fourth-order valence-electron chi connectivity index (χ4n) is 4.44. The van der Waals surface area contributed by atoms with Gasteiger partial charge in [-0.2, -0.15) is 0 Å². The lowest BCUT2D eigenvalue weighted by Crippen LogP contribution is -2.40. The maximum absolute atomic E-state index is 13.5. The molecule has 0 aromatic heterocycles. The molecule has 1 saturated heterocycles. The van der Waals surface area contributed by atoms with Crippen molar-refractivity contribution in [1.82, 2.24) is 10.2 Å². The fourth-order valence-corrected chi connectivity index (χ4v) is 5.86. The first-order valence-electron chi connectivity index (χ1n) is 12.8. The molecule has 0 bridgehead atoms. The maximum Gasteiger partial charge on any atom is 0.264 e. The third-order valence-electron chi connectivity index (χ3n) is 6.42. The van der Waals surface area contributed by atoms with Crippen molar-refractivity contribution < 1.29 is 17.9 Å². The van der Waals surface area contributed by atoms with E-state index < -0.39 is 10.0 Å². The topological polar surface area (TPSA) is 79.0 Å². The number of anilines is 1. The molecule has 196 valence electrons. The van der Waals surface area contributed by atoms with Crippen LogP contribution in [0.1, 0.15) is 37.3 Å². The van der Waals surface area contributed by atoms with Crippen LogP contribution in [0.15, 0.2) is 83.8 Å². The van der Waals surface area contributed by atoms with E-state index in [-0.39, 0.29) is 17.3 Å². The second-order valence-corrected chi connectivity index (χ2v) is 11.0. The Morgan fingerprint density at radius 1 is 0.892 bits per heavy atom. The molecule has 1 amide bonds. The fraction of sp³-hybridized carbons (Fsp3) is 0.345. The highest BCUT2D eigenvalue weighted by molar-refractivity contribution is 7.92. The Morgan fingerprint density at radius 2 is 1.54 bits per heavy atom. The van der Waals surface area contributed by atoms with Crippen LogP contribution in [-0.2, 0) is 27.9 Å². The van der Waals surface area contributed by atoms with Gasteiger partial charge in [0.2, 0.25) is 5.91 Å². The van der Waals surface area contributed by atoms with Gasteiger partial charge < -0.3 is 10.1 Å². The minimum Gasteiger partial charge on any atom is -0.494 e. The number of rotatable bonds is 11. The summed E-state index contributed by atoms with van der Waals surface area (Å²) in [6.45, 7) is 5.60. The van der Waals surface area contributed by atoms with Gasteiger partial charge in [0.1, 0.15) is 12.3 Å². The van der Waals surface area contributed by atoms with E-state index in [2.05, 4.69) is 22.3 Å². The Bertz CT molecular complexity index is 1240. The van der Waals surface area contributed by atoms with Crippen molar-refractivity contribution >= 4 is 21.6 Å². The van der Waals surface area contributed by atoms with Gasteiger partial charge in [0.15, 0.2) is 0 Å². The predicted molar refractivity (Wildman–Crippen MR) is 146 cm³/mol. The van der Waals surface area contributed by atoms with Crippen LogP contribution >= 0.6 is 0 Å². The highest BCUT2D eigenvalue weighted by Crippen LogP contribution is 2.25. The Balaban J connectivity index is 1.41. The van der Waals surface area contributed by atoms with Gasteiger partial charge in [-0.15, -0.1) is 0 Å². The number of nitrogens with one attached hydrogen (secondary N) is 1. The summed E-state index contributed by atoms with van der Waals surface area (Å²) >= 11 is 0. The molecule has 0 unspecified atom stereocenters. The van der Waals surface area contributed by atoms with Crippen LogP contribution in [0.3, 0.4) is 0 Å². The molecule has 1 heterocycles. The molecular formula is C29H35N3O4S. The van der Waals surface area contributed by atoms with E-state index in [4.69, 9.17) is 4.74 Å². The number of hydrogen-bond donors (Lipinski definition) is 1. The lowest BCUT2D eigenvalue weighted by molar-refractivity contribution is -0.119. The lowest BCUT2D eigenvalue weighted by atomic mass is 10.1. The van der Waals surface area contributed by atoms with Gasteiger partial charge in [0.25, 0.3) is 10.0 Å². The quantitative estimate of drug-likeness (QED) is 0.400. The molecule has 0 saturated carbocycles. The second kappa shape index (κ2) is 12.7. The molecule has 0 atom stereocenters. The third-order valence-corrected chi connectivity index (χ3v) is 8.21. The van der Waals surface area contributed by atoms with E-state index in [9.17, 15) is 13.2 Å². The summed E-state index contributed by atoms with van der Waals surface area (Å²) in [5, 5.41) is 2.87. The average molecular weight is 522 g/mol. The summed E-state index contributed by atoms with van der Waals surface area (Å²) in [5.41, 5.74) is 2.65. The second-order valence-electron chi connectivity index (χ2n) is 9.18. The van der Waals surface area contributed by atoms with Gasteiger partial charge in [-0.3, -0.25) is 14.0 Å². The van der Waals surface area contributed by atoms with Crippen LogP contribution in [0.25, 0.3) is 0 Å². The van der Waals surface area contributed by atoms with Crippen LogP contribution in [0.2, 0.25) is 0 Å². The molecule has 1 aliphatic heterocycles. The Kier molecular flexibility index (Phi) is 9.19. The average Bonchev–Trinajstić information content (AvgIpc) is 2.93. The molecule has 1 aliphatic rings. The Labute approximate surface area is 220 Å². The van der Waals surface area contributed by atoms with Crippen LogP contribution in [-0.4, -0.2) is 45.5 Å². The number of likely N-dealkylation sites (tertiary alicyclic amines) is 1. The van der Waals surface area contributed by atoms with Gasteiger partial charge in [0.05, 0.1) is 17.2 Å². The van der Waals surface area contributed by atoms with Gasteiger partial charge in [-0.25, -0.2) is 8.42 Å². The molecule has 37 heavy (non-hydrogen) atoms. The number of carbonyl (C=O) groups is 1. The number of ether oxygens (including phenoxy) is 1. The van der Waals surface area contributed by atoms with Gasteiger partial charge in [0, 0.05) is 13.1 Å². The van der Waals surface area contributed by atoms with Gasteiger partial charge >= 0.3 is 0 Å². The number of carbonyl (C=O) groups excluding carboxylic acids is 1. The Morgan fingerprint density at radius 3 is 2.19 bits per heavy atom. The minimum atomic E-state index is -3.97. The van der Waals surface area contributed by atoms with Crippen LogP contribution in [0.5, 0.6) is 5.75 Å². The van der Waals surface area contributed by atoms with Crippen molar-refractivity contribution in [1.29, 1.82) is 0 Å². The lowest BCUT2D eigenvalue weighted by Gasteiger charge is -2.26. The van der Waals surface area contributed by atoms with Crippen molar-refractivity contribution in [2.24, 2.45) is 0 Å². The molecule has 1 fully saturated rings. The van der Waals surface area contributed by atoms with Crippen LogP contribution in [0, 0.1) is 0 Å². The van der Waals surface area contributed by atoms with Crippen LogP contribution in [0.4, 0.5) is 5.69 Å². The summed E-state index contributed by atoms with van der Waals surface area (Å²) in [7, 11) is -3.97. The monoisotopic (exact) mass is 521 g/mol. The third kappa shape index (κ3) is 7.33. The van der Waals surface area contributed by atoms with Crippen molar-refractivity contribution in [2.75, 3.05) is 30.5 Å². The van der Waals surface area contributed by atoms with Gasteiger partial charge in [-0.05, 0) is 80.4 Å². The molecule has 7 nitrogen and oxygen atoms in total. The minimum absolute atomic E-state index is 0.0944. The molecule has 0 radical (unpaired) electrons. The first-order valence-corrected chi connectivity index (χ1v) is 14.3. The van der Waals surface area contributed by atoms with Gasteiger partial charge in [-0.1, -0.05) is 48.9 Å². The smallest absolute Gasteiger partial charge is 0.264 e. The van der Waals surface area contributed by atoms with E-state index in [0.717, 1.165) is 29.5 Å². The first-order chi connectivity index (χ1) is 18.0. The standard InChI is InChI=1S/C29H35N3O4S/c1-2-36-27-15-17-28(18-16-27)37(34,35)32(26-9-5-3-6-10-26)23-29(33)30-21-24-11-13-25(14-12-24)22-31-19-7-4-8-20-31/h3,5-6,9-18H,2,4,7-8,19-23H2,1H3,(H,30,33). The van der Waals surface area contributed by atoms with Crippen molar-refractivity contribution in [2.45, 2.75) is 44.2 Å². The number of hydrogen-bond acceptors (Lipinski definition) is 5. The number of benzene rings is 3. The molecular weight excluding hydrogens is 486 g/mol. The first kappa shape index (κ1) is 26.7. The molecule has 8 heteroatoms. The predicted octanol–water partition coefficient (Wildman–Crippen LogP) is 4.58. The summed E-state index contributed by atoms with van der Waals surface area (Å²) in [6.07, 6.45) is 3.84. The molecule has 4 rings (SSSR count). The maximum atomic E-state index is 13.5. The number of piperidine rings is 1. The SMILES string of the molecule is CCOc1ccc(S(=O)(=O)N(CC(=O)NCc2ccc(CN3CCCCC3)cc2)c2ccccc2)cc1. The molecule has 3 aromatic carbocycles. The Hall–Kier alpha value is -3.36. The number of nitrogens with zero attached hydrogens (tertiary/aromatic N) is 2. The zero-order valence-corrected chi connectivity index (χ0v) is 22.1. The summed E-state index contributed by atoms with van der Waals surface area (Å²) in [6, 6.07) is 23.1. The number of sulfonamides is 1. The number of para-hydroxylation sites is 1. The van der Waals surface area contributed by atoms with Crippen LogP contribution < -0.4 is 14.4 Å². The molecule has 0 spiro atoms. The molecule has 1 N–H and O–H groups in total. The molecule has 0 aliphatic carbocycles. The highest BCUT2D eigenvalue weighted by atomic mass is 32.2. The largest absolute Gasteiger partial charge is 0.494 e. The summed E-state index contributed by atoms with van der Waals surface area (Å²) in [5.74, 6) is 0.211. The van der Waals surface area contributed by atoms with Crippen molar-refractivity contribution in [3.63, 3.8) is 0 Å². The van der Waals surface area contributed by atoms with Crippen molar-refractivity contribution in [3.8, 4) is 5.75 Å². The number of amides is 1.